The number of aromatic nitrogens is 2. The van der Waals surface area contributed by atoms with Gasteiger partial charge in [-0.3, -0.25) is 14.7 Å². The van der Waals surface area contributed by atoms with Gasteiger partial charge in [-0.15, -0.1) is 0 Å². The Hall–Kier alpha value is -3.58. The minimum atomic E-state index is -0.661. The summed E-state index contributed by atoms with van der Waals surface area (Å²) >= 11 is 3.47. The normalized spacial score (nSPS) is 17.8. The van der Waals surface area contributed by atoms with Crippen molar-refractivity contribution < 1.29 is 14.3 Å². The minimum Gasteiger partial charge on any atom is -0.444 e. The molecule has 1 aromatic heterocycles. The predicted octanol–water partition coefficient (Wildman–Crippen LogP) is 4.87. The quantitative estimate of drug-likeness (QED) is 0.177. The second-order valence-electron chi connectivity index (χ2n) is 11.2. The molecule has 2 unspecified atom stereocenters. The Kier molecular flexibility index (Phi) is 9.85. The lowest BCUT2D eigenvalue weighted by Gasteiger charge is -2.45. The Morgan fingerprint density at radius 1 is 1.27 bits per heavy atom. The number of hydrogen-bond donors (Lipinski definition) is 4. The topological polar surface area (TPSA) is 159 Å². The van der Waals surface area contributed by atoms with Crippen LogP contribution in [-0.2, 0) is 4.74 Å². The SMILES string of the molecule is CN(C(=O)OC(C)(C)C)C1CCCCC1[N+](C)(C)c1ncc(C(N)=O)c(Nc2ccc(Br)c(NN=CC=N)c2)n1. The second kappa shape index (κ2) is 12.7. The van der Waals surface area contributed by atoms with Crippen LogP contribution in [0.4, 0.5) is 27.9 Å². The van der Waals surface area contributed by atoms with Crippen molar-refractivity contribution in [1.82, 2.24) is 19.4 Å². The van der Waals surface area contributed by atoms with Gasteiger partial charge < -0.3 is 26.1 Å². The van der Waals surface area contributed by atoms with E-state index in [1.807, 2.05) is 47.0 Å². The van der Waals surface area contributed by atoms with Crippen molar-refractivity contribution in [2.75, 3.05) is 31.9 Å². The van der Waals surface area contributed by atoms with Crippen molar-refractivity contribution in [2.45, 2.75) is 64.1 Å². The van der Waals surface area contributed by atoms with E-state index in [4.69, 9.17) is 20.9 Å². The van der Waals surface area contributed by atoms with Crippen LogP contribution in [0.25, 0.3) is 0 Å². The van der Waals surface area contributed by atoms with Gasteiger partial charge in [-0.2, -0.15) is 15.1 Å². The van der Waals surface area contributed by atoms with Crippen LogP contribution in [0.3, 0.4) is 0 Å². The molecule has 1 saturated carbocycles. The molecule has 12 nitrogen and oxygen atoms in total. The van der Waals surface area contributed by atoms with Crippen molar-refractivity contribution in [1.29, 1.82) is 5.41 Å². The van der Waals surface area contributed by atoms with Crippen molar-refractivity contribution in [2.24, 2.45) is 10.8 Å². The van der Waals surface area contributed by atoms with Gasteiger partial charge in [-0.1, -0.05) is 6.42 Å². The zero-order valence-electron chi connectivity index (χ0n) is 23.9. The summed E-state index contributed by atoms with van der Waals surface area (Å²) in [7, 11) is 5.81. The maximum Gasteiger partial charge on any atom is 0.410 e. The molecular formula is C27H39BrN9O3+. The van der Waals surface area contributed by atoms with Gasteiger partial charge in [-0.05, 0) is 67.7 Å². The van der Waals surface area contributed by atoms with E-state index in [1.165, 1.54) is 12.4 Å². The molecular weight excluding hydrogens is 578 g/mol. The largest absolute Gasteiger partial charge is 0.444 e. The smallest absolute Gasteiger partial charge is 0.410 e. The van der Waals surface area contributed by atoms with Gasteiger partial charge in [0.05, 0.1) is 38.2 Å². The molecule has 0 saturated heterocycles. The number of hydrazone groups is 1. The standard InChI is InChI=1S/C27H38BrN9O3/c1-27(2,3)40-26(39)36(4)21-9-7-8-10-22(21)37(5,6)25-31-16-18(23(30)38)24(34-25)33-17-11-12-19(28)20(15-17)35-32-14-13-29/h11-16,21-22H,7-10H2,1-6H3,(H4-,29,30,31,33,34,35,38)/p+1. The first-order chi connectivity index (χ1) is 18.7. The van der Waals surface area contributed by atoms with Crippen LogP contribution in [-0.4, -0.2) is 78.1 Å². The number of hydrogen-bond acceptors (Lipinski definition) is 9. The Balaban J connectivity index is 1.96. The molecule has 1 aliphatic carbocycles. The summed E-state index contributed by atoms with van der Waals surface area (Å²) in [4.78, 5) is 36.3. The van der Waals surface area contributed by atoms with Crippen LogP contribution in [0.5, 0.6) is 0 Å². The number of likely N-dealkylation sites (N-methyl/N-ethyl adjacent to an activating group) is 2. The van der Waals surface area contributed by atoms with Crippen LogP contribution < -0.4 is 21.0 Å². The number of carbonyl (C=O) groups excluding carboxylic acids is 2. The van der Waals surface area contributed by atoms with E-state index < -0.39 is 11.5 Å². The Bertz CT molecular complexity index is 1280. The van der Waals surface area contributed by atoms with E-state index in [1.54, 1.807) is 18.0 Å². The Morgan fingerprint density at radius 2 is 1.98 bits per heavy atom. The Labute approximate surface area is 243 Å². The first-order valence-electron chi connectivity index (χ1n) is 13.1. The zero-order chi connectivity index (χ0) is 29.7. The number of anilines is 3. The van der Waals surface area contributed by atoms with Crippen LogP contribution in [0.1, 0.15) is 56.8 Å². The molecule has 0 spiro atoms. The highest BCUT2D eigenvalue weighted by Crippen LogP contribution is 2.34. The first kappa shape index (κ1) is 31.0. The predicted molar refractivity (Wildman–Crippen MR) is 163 cm³/mol. The third-order valence-corrected chi connectivity index (χ3v) is 7.51. The van der Waals surface area contributed by atoms with Crippen LogP contribution in [0, 0.1) is 5.41 Å². The molecule has 1 heterocycles. The van der Waals surface area contributed by atoms with Crippen molar-refractivity contribution in [3.05, 3.63) is 34.4 Å². The summed E-state index contributed by atoms with van der Waals surface area (Å²) in [6.45, 7) is 5.56. The molecule has 0 bridgehead atoms. The third kappa shape index (κ3) is 7.54. The molecule has 1 aliphatic rings. The number of rotatable bonds is 9. The van der Waals surface area contributed by atoms with E-state index in [2.05, 4.69) is 36.8 Å². The average Bonchev–Trinajstić information content (AvgIpc) is 2.89. The van der Waals surface area contributed by atoms with E-state index >= 15 is 0 Å². The number of nitrogens with zero attached hydrogens (tertiary/aromatic N) is 5. The summed E-state index contributed by atoms with van der Waals surface area (Å²) in [5.74, 6) is 0.0893. The molecule has 0 radical (unpaired) electrons. The molecule has 40 heavy (non-hydrogen) atoms. The second-order valence-corrected chi connectivity index (χ2v) is 12.1. The molecule has 2 amide bonds. The molecule has 216 valence electrons. The lowest BCUT2D eigenvalue weighted by Crippen LogP contribution is -2.62. The zero-order valence-corrected chi connectivity index (χ0v) is 25.4. The maximum absolute atomic E-state index is 13.0. The highest BCUT2D eigenvalue weighted by atomic mass is 79.9. The summed E-state index contributed by atoms with van der Waals surface area (Å²) in [6, 6.07) is 5.32. The van der Waals surface area contributed by atoms with Crippen LogP contribution in [0.15, 0.2) is 34.0 Å². The van der Waals surface area contributed by atoms with Gasteiger partial charge in [-0.25, -0.2) is 4.79 Å². The van der Waals surface area contributed by atoms with E-state index in [-0.39, 0.29) is 34.0 Å². The number of nitrogens with one attached hydrogen (secondary N) is 3. The van der Waals surface area contributed by atoms with Gasteiger partial charge in [0.2, 0.25) is 0 Å². The van der Waals surface area contributed by atoms with E-state index in [0.29, 0.717) is 17.3 Å². The maximum atomic E-state index is 13.0. The van der Waals surface area contributed by atoms with Crippen LogP contribution >= 0.6 is 15.9 Å². The highest BCUT2D eigenvalue weighted by Gasteiger charge is 2.44. The monoisotopic (exact) mass is 616 g/mol. The number of nitrogens with two attached hydrogens (primary N) is 1. The van der Waals surface area contributed by atoms with E-state index in [9.17, 15) is 9.59 Å². The van der Waals surface area contributed by atoms with Crippen molar-refractivity contribution in [3.63, 3.8) is 0 Å². The Morgan fingerprint density at radius 3 is 2.62 bits per heavy atom. The average molecular weight is 618 g/mol. The van der Waals surface area contributed by atoms with Gasteiger partial charge in [0.15, 0.2) is 5.82 Å². The number of amides is 2. The third-order valence-electron chi connectivity index (χ3n) is 6.82. The lowest BCUT2D eigenvalue weighted by atomic mass is 9.87. The highest BCUT2D eigenvalue weighted by molar-refractivity contribution is 9.10. The number of halogens is 1. The lowest BCUT2D eigenvalue weighted by molar-refractivity contribution is 0.00773. The van der Waals surface area contributed by atoms with Gasteiger partial charge in [0.25, 0.3) is 5.91 Å². The molecule has 2 atom stereocenters. The number of benzene rings is 1. The minimum absolute atomic E-state index is 0.00580. The number of ether oxygens (including phenoxy) is 1. The van der Waals surface area contributed by atoms with Gasteiger partial charge in [0, 0.05) is 29.8 Å². The molecule has 13 heteroatoms. The van der Waals surface area contributed by atoms with Crippen molar-refractivity contribution >= 4 is 63.5 Å². The summed E-state index contributed by atoms with van der Waals surface area (Å²) < 4.78 is 6.70. The molecule has 3 rings (SSSR count). The van der Waals surface area contributed by atoms with E-state index in [0.717, 1.165) is 36.4 Å². The fourth-order valence-corrected chi connectivity index (χ4v) is 5.14. The van der Waals surface area contributed by atoms with Gasteiger partial charge >= 0.3 is 12.0 Å². The first-order valence-corrected chi connectivity index (χ1v) is 13.9. The fourth-order valence-electron chi connectivity index (χ4n) is 4.81. The number of carbonyl (C=O) groups is 2. The number of quaternary nitrogens is 1. The molecule has 0 aliphatic heterocycles. The van der Waals surface area contributed by atoms with Crippen LogP contribution in [0.2, 0.25) is 0 Å². The molecule has 1 fully saturated rings. The fraction of sp³-hybridized carbons (Fsp3) is 0.481. The van der Waals surface area contributed by atoms with Crippen molar-refractivity contribution in [3.8, 4) is 0 Å². The van der Waals surface area contributed by atoms with Gasteiger partial charge in [0.1, 0.15) is 17.2 Å². The molecule has 5 N–H and O–H groups in total. The molecule has 2 aromatic rings. The molecule has 1 aromatic carbocycles. The summed E-state index contributed by atoms with van der Waals surface area (Å²) in [6.07, 6.45) is 7.18. The number of primary amides is 1. The summed E-state index contributed by atoms with van der Waals surface area (Å²) in [5, 5.41) is 14.2. The summed E-state index contributed by atoms with van der Waals surface area (Å²) in [5.41, 5.74) is 9.35.